The standard InChI is InChI=1S/C19H21ClN2O2S/c20-14-1-4-17(13-5-6-25-11-13)18(9-14)22(19(23)24)10-12-7-15-2-3-16(8-12)21-15/h1,4-6,9,11-12,15-16,21H,2-3,7-8,10H2,(H,23,24)/t12?,15-,16+. The minimum absolute atomic E-state index is 0.393. The number of rotatable bonds is 4. The number of amides is 1. The monoisotopic (exact) mass is 376 g/mol. The Morgan fingerprint density at radius 1 is 1.28 bits per heavy atom. The molecule has 1 aromatic carbocycles. The van der Waals surface area contributed by atoms with Crippen LogP contribution in [0.25, 0.3) is 11.1 Å². The van der Waals surface area contributed by atoms with Crippen LogP contribution in [0.1, 0.15) is 25.7 Å². The molecule has 0 saturated carbocycles. The van der Waals surface area contributed by atoms with Gasteiger partial charge < -0.3 is 10.4 Å². The van der Waals surface area contributed by atoms with Crippen molar-refractivity contribution >= 4 is 34.7 Å². The molecule has 2 N–H and O–H groups in total. The van der Waals surface area contributed by atoms with Gasteiger partial charge in [-0.2, -0.15) is 11.3 Å². The van der Waals surface area contributed by atoms with E-state index in [1.165, 1.54) is 17.7 Å². The number of hydrogen-bond donors (Lipinski definition) is 2. The molecule has 2 aliphatic heterocycles. The fourth-order valence-electron chi connectivity index (χ4n) is 4.25. The van der Waals surface area contributed by atoms with Gasteiger partial charge in [-0.25, -0.2) is 4.79 Å². The molecular weight excluding hydrogens is 356 g/mol. The maximum Gasteiger partial charge on any atom is 0.411 e. The zero-order valence-electron chi connectivity index (χ0n) is 13.8. The highest BCUT2D eigenvalue weighted by atomic mass is 35.5. The minimum atomic E-state index is -0.912. The molecule has 0 aliphatic carbocycles. The van der Waals surface area contributed by atoms with E-state index in [4.69, 9.17) is 11.6 Å². The van der Waals surface area contributed by atoms with Crippen molar-refractivity contribution in [1.29, 1.82) is 0 Å². The molecule has 1 amide bonds. The molecule has 2 bridgehead atoms. The molecule has 4 rings (SSSR count). The van der Waals surface area contributed by atoms with Crippen LogP contribution in [0.15, 0.2) is 35.0 Å². The number of thiophene rings is 1. The third-order valence-electron chi connectivity index (χ3n) is 5.33. The lowest BCUT2D eigenvalue weighted by Gasteiger charge is -2.33. The molecule has 2 saturated heterocycles. The number of hydrogen-bond acceptors (Lipinski definition) is 3. The van der Waals surface area contributed by atoms with E-state index in [2.05, 4.69) is 5.32 Å². The number of carbonyl (C=O) groups is 1. The Hall–Kier alpha value is -1.56. The molecule has 2 aromatic rings. The second kappa shape index (κ2) is 6.98. The van der Waals surface area contributed by atoms with Crippen molar-refractivity contribution in [3.63, 3.8) is 0 Å². The number of piperidine rings is 1. The maximum atomic E-state index is 12.1. The number of carboxylic acid groups (broad SMARTS) is 1. The van der Waals surface area contributed by atoms with Gasteiger partial charge in [-0.15, -0.1) is 0 Å². The lowest BCUT2D eigenvalue weighted by Crippen LogP contribution is -2.43. The van der Waals surface area contributed by atoms with Gasteiger partial charge in [-0.05, 0) is 66.1 Å². The number of benzene rings is 1. The van der Waals surface area contributed by atoms with Crippen molar-refractivity contribution in [2.75, 3.05) is 11.4 Å². The fourth-order valence-corrected chi connectivity index (χ4v) is 5.07. The average Bonchev–Trinajstić information content (AvgIpc) is 3.22. The van der Waals surface area contributed by atoms with Crippen LogP contribution in [-0.4, -0.2) is 29.8 Å². The van der Waals surface area contributed by atoms with Crippen LogP contribution in [0, 0.1) is 5.92 Å². The Labute approximate surface area is 156 Å². The number of nitrogens with one attached hydrogen (secondary N) is 1. The van der Waals surface area contributed by atoms with Gasteiger partial charge in [0.25, 0.3) is 0 Å². The molecule has 2 fully saturated rings. The van der Waals surface area contributed by atoms with Crippen LogP contribution >= 0.6 is 22.9 Å². The number of fused-ring (bicyclic) bond motifs is 2. The summed E-state index contributed by atoms with van der Waals surface area (Å²) in [5, 5.41) is 18.1. The Kier molecular flexibility index (Phi) is 4.71. The van der Waals surface area contributed by atoms with Crippen molar-refractivity contribution in [2.45, 2.75) is 37.8 Å². The molecule has 132 valence electrons. The first-order valence-corrected chi connectivity index (χ1v) is 10.0. The molecule has 1 aromatic heterocycles. The molecule has 1 unspecified atom stereocenters. The lowest BCUT2D eigenvalue weighted by molar-refractivity contribution is 0.198. The molecule has 3 heterocycles. The highest BCUT2D eigenvalue weighted by Gasteiger charge is 2.35. The van der Waals surface area contributed by atoms with E-state index in [9.17, 15) is 9.90 Å². The molecule has 0 radical (unpaired) electrons. The van der Waals surface area contributed by atoms with E-state index >= 15 is 0 Å². The SMILES string of the molecule is O=C(O)N(CC1C[C@H]2CC[C@@H](C1)N2)c1cc(Cl)ccc1-c1ccsc1. The van der Waals surface area contributed by atoms with E-state index in [0.29, 0.717) is 35.3 Å². The van der Waals surface area contributed by atoms with Crippen molar-refractivity contribution in [3.8, 4) is 11.1 Å². The van der Waals surface area contributed by atoms with E-state index in [-0.39, 0.29) is 0 Å². The highest BCUT2D eigenvalue weighted by Crippen LogP contribution is 2.37. The first kappa shape index (κ1) is 16.9. The van der Waals surface area contributed by atoms with Crippen LogP contribution in [0.2, 0.25) is 5.02 Å². The summed E-state index contributed by atoms with van der Waals surface area (Å²) < 4.78 is 0. The zero-order valence-corrected chi connectivity index (χ0v) is 15.4. The summed E-state index contributed by atoms with van der Waals surface area (Å²) in [7, 11) is 0. The van der Waals surface area contributed by atoms with Gasteiger partial charge in [0.1, 0.15) is 0 Å². The molecule has 25 heavy (non-hydrogen) atoms. The summed E-state index contributed by atoms with van der Waals surface area (Å²) in [5.74, 6) is 0.393. The smallest absolute Gasteiger partial charge is 0.411 e. The molecule has 2 aliphatic rings. The Morgan fingerprint density at radius 2 is 2.04 bits per heavy atom. The van der Waals surface area contributed by atoms with Crippen LogP contribution in [0.4, 0.5) is 10.5 Å². The average molecular weight is 377 g/mol. The Bertz CT molecular complexity index is 753. The van der Waals surface area contributed by atoms with Gasteiger partial charge in [-0.1, -0.05) is 17.7 Å². The maximum absolute atomic E-state index is 12.1. The van der Waals surface area contributed by atoms with Crippen molar-refractivity contribution in [2.24, 2.45) is 5.92 Å². The first-order chi connectivity index (χ1) is 12.1. The first-order valence-electron chi connectivity index (χ1n) is 8.69. The van der Waals surface area contributed by atoms with E-state index in [1.54, 1.807) is 17.4 Å². The van der Waals surface area contributed by atoms with Gasteiger partial charge in [-0.3, -0.25) is 4.90 Å². The van der Waals surface area contributed by atoms with Crippen molar-refractivity contribution in [3.05, 3.63) is 40.0 Å². The summed E-state index contributed by atoms with van der Waals surface area (Å²) in [5.41, 5.74) is 2.64. The number of anilines is 1. The largest absolute Gasteiger partial charge is 0.465 e. The summed E-state index contributed by atoms with van der Waals surface area (Å²) in [6.07, 6.45) is 3.62. The Morgan fingerprint density at radius 3 is 2.68 bits per heavy atom. The quantitative estimate of drug-likeness (QED) is 0.781. The zero-order chi connectivity index (χ0) is 17.4. The van der Waals surface area contributed by atoms with E-state index in [0.717, 1.165) is 24.0 Å². The lowest BCUT2D eigenvalue weighted by atomic mass is 9.91. The molecular formula is C19H21ClN2O2S. The third kappa shape index (κ3) is 3.54. The van der Waals surface area contributed by atoms with Crippen molar-refractivity contribution < 1.29 is 9.90 Å². The van der Waals surface area contributed by atoms with Gasteiger partial charge >= 0.3 is 6.09 Å². The van der Waals surface area contributed by atoms with Crippen LogP contribution in [-0.2, 0) is 0 Å². The van der Waals surface area contributed by atoms with E-state index < -0.39 is 6.09 Å². The molecule has 3 atom stereocenters. The topological polar surface area (TPSA) is 52.6 Å². The normalized spacial score (nSPS) is 25.1. The second-order valence-corrected chi connectivity index (χ2v) is 8.26. The molecule has 4 nitrogen and oxygen atoms in total. The molecule has 6 heteroatoms. The predicted molar refractivity (Wildman–Crippen MR) is 103 cm³/mol. The summed E-state index contributed by atoms with van der Waals surface area (Å²) >= 11 is 7.80. The summed E-state index contributed by atoms with van der Waals surface area (Å²) in [6.45, 7) is 0.529. The van der Waals surface area contributed by atoms with Gasteiger partial charge in [0, 0.05) is 29.2 Å². The van der Waals surface area contributed by atoms with Gasteiger partial charge in [0.15, 0.2) is 0 Å². The van der Waals surface area contributed by atoms with Crippen LogP contribution in [0.5, 0.6) is 0 Å². The molecule has 0 spiro atoms. The number of halogens is 1. The van der Waals surface area contributed by atoms with Crippen molar-refractivity contribution in [1.82, 2.24) is 5.32 Å². The van der Waals surface area contributed by atoms with Crippen LogP contribution in [0.3, 0.4) is 0 Å². The third-order valence-corrected chi connectivity index (χ3v) is 6.24. The summed E-state index contributed by atoms with van der Waals surface area (Å²) in [6, 6.07) is 8.63. The number of nitrogens with zero attached hydrogens (tertiary/aromatic N) is 1. The van der Waals surface area contributed by atoms with E-state index in [1.807, 2.05) is 29.0 Å². The fraction of sp³-hybridized carbons (Fsp3) is 0.421. The minimum Gasteiger partial charge on any atom is -0.465 e. The Balaban J connectivity index is 1.65. The van der Waals surface area contributed by atoms with Gasteiger partial charge in [0.2, 0.25) is 0 Å². The van der Waals surface area contributed by atoms with Gasteiger partial charge in [0.05, 0.1) is 5.69 Å². The highest BCUT2D eigenvalue weighted by molar-refractivity contribution is 7.08. The summed E-state index contributed by atoms with van der Waals surface area (Å²) in [4.78, 5) is 13.5. The predicted octanol–water partition coefficient (Wildman–Crippen LogP) is 5.08. The second-order valence-electron chi connectivity index (χ2n) is 7.04. The van der Waals surface area contributed by atoms with Crippen LogP contribution < -0.4 is 10.2 Å².